The number of rotatable bonds is 5. The van der Waals surface area contributed by atoms with Crippen molar-refractivity contribution in [3.63, 3.8) is 0 Å². The highest BCUT2D eigenvalue weighted by atomic mass is 35.5. The van der Waals surface area contributed by atoms with Crippen LogP contribution in [0.2, 0.25) is 5.02 Å². The fourth-order valence-electron chi connectivity index (χ4n) is 4.16. The highest BCUT2D eigenvalue weighted by Gasteiger charge is 2.52. The third-order valence-corrected chi connectivity index (χ3v) is 5.97. The van der Waals surface area contributed by atoms with Gasteiger partial charge in [-0.2, -0.15) is 0 Å². The Morgan fingerprint density at radius 3 is 2.53 bits per heavy atom. The van der Waals surface area contributed by atoms with Crippen LogP contribution in [0.1, 0.15) is 49.3 Å². The van der Waals surface area contributed by atoms with Gasteiger partial charge in [0.15, 0.2) is 11.4 Å². The molecule has 1 spiro atoms. The largest absolute Gasteiger partial charge is 0.447 e. The summed E-state index contributed by atoms with van der Waals surface area (Å²) < 4.78 is 11.5. The molecule has 1 fully saturated rings. The molecule has 7 heteroatoms. The summed E-state index contributed by atoms with van der Waals surface area (Å²) in [6, 6.07) is 15.0. The van der Waals surface area contributed by atoms with Crippen molar-refractivity contribution in [3.05, 3.63) is 76.0 Å². The first kappa shape index (κ1) is 22.1. The summed E-state index contributed by atoms with van der Waals surface area (Å²) in [7, 11) is 0. The number of aryl methyl sites for hydroxylation is 1. The number of nitrogens with zero attached hydrogens (tertiary/aromatic N) is 1. The summed E-state index contributed by atoms with van der Waals surface area (Å²) in [5.41, 5.74) is 2.69. The number of carbonyl (C=O) groups excluding carboxylic acids is 2. The zero-order valence-corrected chi connectivity index (χ0v) is 18.8. The van der Waals surface area contributed by atoms with E-state index in [2.05, 4.69) is 5.16 Å². The second-order valence-corrected chi connectivity index (χ2v) is 8.49. The first-order chi connectivity index (χ1) is 15.4. The lowest BCUT2D eigenvalue weighted by atomic mass is 9.81. The number of halogens is 1. The lowest BCUT2D eigenvalue weighted by Crippen LogP contribution is -2.38. The molecule has 1 aliphatic carbocycles. The Morgan fingerprint density at radius 1 is 1.16 bits per heavy atom. The van der Waals surface area contributed by atoms with Crippen LogP contribution >= 0.6 is 11.6 Å². The Hall–Kier alpha value is -3.12. The smallest absolute Gasteiger partial charge is 0.343 e. The van der Waals surface area contributed by atoms with E-state index in [1.54, 1.807) is 18.2 Å². The van der Waals surface area contributed by atoms with Crippen molar-refractivity contribution in [1.82, 2.24) is 0 Å². The van der Waals surface area contributed by atoms with Crippen LogP contribution in [0.15, 0.2) is 59.4 Å². The maximum atomic E-state index is 12.9. The summed E-state index contributed by atoms with van der Waals surface area (Å²) in [6.45, 7) is 3.57. The molecule has 2 aliphatic rings. The number of carbonyl (C=O) groups is 2. The fraction of sp³-hybridized carbons (Fsp3) is 0.320. The molecule has 2 aromatic rings. The van der Waals surface area contributed by atoms with Crippen molar-refractivity contribution >= 4 is 34.8 Å². The molecule has 0 bridgehead atoms. The Morgan fingerprint density at radius 2 is 1.88 bits per heavy atom. The molecule has 4 rings (SSSR count). The minimum absolute atomic E-state index is 0.282. The molecular formula is C25H24ClNO5. The van der Waals surface area contributed by atoms with Crippen LogP contribution in [0.25, 0.3) is 5.57 Å². The average Bonchev–Trinajstić information content (AvgIpc) is 3.01. The van der Waals surface area contributed by atoms with E-state index in [1.165, 1.54) is 6.92 Å². The van der Waals surface area contributed by atoms with Gasteiger partial charge in [-0.3, -0.25) is 4.79 Å². The average molecular weight is 454 g/mol. The Bertz CT molecular complexity index is 1100. The molecule has 0 aromatic heterocycles. The van der Waals surface area contributed by atoms with Crippen molar-refractivity contribution in [2.24, 2.45) is 5.16 Å². The normalized spacial score (nSPS) is 20.3. The summed E-state index contributed by atoms with van der Waals surface area (Å²) >= 11 is 6.08. The van der Waals surface area contributed by atoms with Gasteiger partial charge in [-0.15, -0.1) is 0 Å². The van der Waals surface area contributed by atoms with Gasteiger partial charge in [-0.1, -0.05) is 53.2 Å². The van der Waals surface area contributed by atoms with Crippen LogP contribution < -0.4 is 0 Å². The monoisotopic (exact) mass is 453 g/mol. The van der Waals surface area contributed by atoms with E-state index in [0.717, 1.165) is 16.8 Å². The summed E-state index contributed by atoms with van der Waals surface area (Å²) in [5.74, 6) is -0.704. The molecule has 0 amide bonds. The van der Waals surface area contributed by atoms with E-state index in [1.807, 2.05) is 37.3 Å². The van der Waals surface area contributed by atoms with Crippen molar-refractivity contribution in [2.45, 2.75) is 51.7 Å². The topological polar surface area (TPSA) is 74.2 Å². The van der Waals surface area contributed by atoms with Gasteiger partial charge >= 0.3 is 11.9 Å². The van der Waals surface area contributed by atoms with Crippen molar-refractivity contribution in [1.29, 1.82) is 0 Å². The van der Waals surface area contributed by atoms with Crippen molar-refractivity contribution in [3.8, 4) is 0 Å². The van der Waals surface area contributed by atoms with E-state index in [4.69, 9.17) is 25.9 Å². The molecule has 0 N–H and O–H groups in total. The fourth-order valence-corrected chi connectivity index (χ4v) is 4.38. The van der Waals surface area contributed by atoms with Crippen LogP contribution in [0.3, 0.4) is 0 Å². The predicted octanol–water partition coefficient (Wildman–Crippen LogP) is 5.37. The summed E-state index contributed by atoms with van der Waals surface area (Å²) in [6.07, 6.45) is 2.06. The SMILES string of the molecule is CC(=O)OC1=C(c2ccc(Cl)cc2C)C(=O)OC12CCC(=NOCc1ccccc1)CC2. The number of hydrogen-bond donors (Lipinski definition) is 0. The van der Waals surface area contributed by atoms with Crippen molar-refractivity contribution in [2.75, 3.05) is 0 Å². The number of esters is 2. The molecule has 0 atom stereocenters. The minimum Gasteiger partial charge on any atom is -0.447 e. The molecule has 32 heavy (non-hydrogen) atoms. The van der Waals surface area contributed by atoms with E-state index in [-0.39, 0.29) is 11.3 Å². The van der Waals surface area contributed by atoms with E-state index < -0.39 is 17.5 Å². The first-order valence-corrected chi connectivity index (χ1v) is 10.9. The van der Waals surface area contributed by atoms with Crippen LogP contribution in [0.5, 0.6) is 0 Å². The Labute approximate surface area is 191 Å². The molecule has 1 saturated carbocycles. The molecular weight excluding hydrogens is 430 g/mol. The van der Waals surface area contributed by atoms with Gasteiger partial charge in [0.25, 0.3) is 0 Å². The van der Waals surface area contributed by atoms with E-state index in [0.29, 0.717) is 42.9 Å². The lowest BCUT2D eigenvalue weighted by Gasteiger charge is -2.33. The summed E-state index contributed by atoms with van der Waals surface area (Å²) in [4.78, 5) is 30.3. The molecule has 166 valence electrons. The zero-order valence-electron chi connectivity index (χ0n) is 18.0. The molecule has 0 unspecified atom stereocenters. The Balaban J connectivity index is 1.56. The molecule has 1 aliphatic heterocycles. The van der Waals surface area contributed by atoms with Crippen molar-refractivity contribution < 1.29 is 23.9 Å². The molecule has 1 heterocycles. The van der Waals surface area contributed by atoms with Crippen LogP contribution in [-0.4, -0.2) is 23.3 Å². The number of hydrogen-bond acceptors (Lipinski definition) is 6. The third kappa shape index (κ3) is 4.55. The van der Waals surface area contributed by atoms with Gasteiger partial charge in [0, 0.05) is 11.9 Å². The molecule has 6 nitrogen and oxygen atoms in total. The molecule has 0 saturated heterocycles. The molecule has 0 radical (unpaired) electrons. The highest BCUT2D eigenvalue weighted by molar-refractivity contribution is 6.31. The zero-order chi connectivity index (χ0) is 22.7. The van der Waals surface area contributed by atoms with Gasteiger partial charge in [-0.05, 0) is 61.4 Å². The number of oxime groups is 1. The standard InChI is InChI=1S/C25H24ClNO5/c1-16-14-19(26)8-9-21(16)22-23(31-17(2)28)25(32-24(22)29)12-10-20(11-13-25)27-30-15-18-6-4-3-5-7-18/h3-9,14H,10-13,15H2,1-2H3. The second kappa shape index (κ2) is 9.17. The minimum atomic E-state index is -0.984. The van der Waals surface area contributed by atoms with Gasteiger partial charge in [-0.25, -0.2) is 4.79 Å². The van der Waals surface area contributed by atoms with Gasteiger partial charge in [0.2, 0.25) is 0 Å². The van der Waals surface area contributed by atoms with Crippen LogP contribution in [0, 0.1) is 6.92 Å². The Kier molecular flexibility index (Phi) is 6.33. The van der Waals surface area contributed by atoms with Gasteiger partial charge in [0.1, 0.15) is 12.2 Å². The summed E-state index contributed by atoms with van der Waals surface area (Å²) in [5, 5.41) is 4.84. The maximum Gasteiger partial charge on any atom is 0.343 e. The second-order valence-electron chi connectivity index (χ2n) is 8.06. The van der Waals surface area contributed by atoms with Gasteiger partial charge in [0.05, 0.1) is 5.71 Å². The van der Waals surface area contributed by atoms with E-state index >= 15 is 0 Å². The maximum absolute atomic E-state index is 12.9. The van der Waals surface area contributed by atoms with Crippen LogP contribution in [-0.2, 0) is 30.5 Å². The number of benzene rings is 2. The van der Waals surface area contributed by atoms with Crippen LogP contribution in [0.4, 0.5) is 0 Å². The highest BCUT2D eigenvalue weighted by Crippen LogP contribution is 2.47. The quantitative estimate of drug-likeness (QED) is 0.449. The van der Waals surface area contributed by atoms with E-state index in [9.17, 15) is 9.59 Å². The van der Waals surface area contributed by atoms with Gasteiger partial charge < -0.3 is 14.3 Å². The lowest BCUT2D eigenvalue weighted by molar-refractivity contribution is -0.153. The number of ether oxygens (including phenoxy) is 2. The third-order valence-electron chi connectivity index (χ3n) is 5.74. The molecule has 2 aromatic carbocycles. The first-order valence-electron chi connectivity index (χ1n) is 10.5. The predicted molar refractivity (Wildman–Crippen MR) is 121 cm³/mol.